The molecule has 4 nitrogen and oxygen atoms in total. The van der Waals surface area contributed by atoms with Gasteiger partial charge in [-0.1, -0.05) is 39.7 Å². The van der Waals surface area contributed by atoms with Crippen LogP contribution in [0.4, 0.5) is 5.69 Å². The molecule has 0 aromatic heterocycles. The molecule has 0 saturated heterocycles. The van der Waals surface area contributed by atoms with Gasteiger partial charge in [-0.2, -0.15) is 0 Å². The summed E-state index contributed by atoms with van der Waals surface area (Å²) in [4.78, 5) is 24.0. The number of anilines is 1. The fraction of sp³-hybridized carbons (Fsp3) is 0.0667. The number of nitrogens with one attached hydrogen (secondary N) is 1. The lowest BCUT2D eigenvalue weighted by atomic mass is 10.2. The molecule has 0 fully saturated rings. The van der Waals surface area contributed by atoms with Crippen molar-refractivity contribution in [1.29, 1.82) is 0 Å². The highest BCUT2D eigenvalue weighted by Crippen LogP contribution is 2.27. The van der Waals surface area contributed by atoms with Gasteiger partial charge in [0.2, 0.25) is 5.91 Å². The standard InChI is InChI=1S/C15H11BrClNO3S/c16-9-5-6-12(10(7-9)15(20)21)18-14(19)8-22-13-4-2-1-3-11(13)17/h1-7H,8H2,(H,18,19)(H,20,21). The van der Waals surface area contributed by atoms with Crippen LogP contribution in [0.3, 0.4) is 0 Å². The summed E-state index contributed by atoms with van der Waals surface area (Å²) < 4.78 is 0.633. The summed E-state index contributed by atoms with van der Waals surface area (Å²) in [6.45, 7) is 0. The van der Waals surface area contributed by atoms with Crippen molar-refractivity contribution in [3.05, 3.63) is 57.5 Å². The Labute approximate surface area is 145 Å². The van der Waals surface area contributed by atoms with Gasteiger partial charge in [0.25, 0.3) is 0 Å². The number of hydrogen-bond acceptors (Lipinski definition) is 3. The Kier molecular flexibility index (Phi) is 5.88. The second-order valence-electron chi connectivity index (χ2n) is 4.26. The van der Waals surface area contributed by atoms with Crippen molar-refractivity contribution in [2.75, 3.05) is 11.1 Å². The second kappa shape index (κ2) is 7.67. The quantitative estimate of drug-likeness (QED) is 0.724. The molecule has 0 atom stereocenters. The molecule has 0 bridgehead atoms. The minimum Gasteiger partial charge on any atom is -0.478 e. The molecule has 0 aliphatic rings. The van der Waals surface area contributed by atoms with Crippen molar-refractivity contribution in [2.45, 2.75) is 4.90 Å². The maximum atomic E-state index is 12.0. The van der Waals surface area contributed by atoms with E-state index in [2.05, 4.69) is 21.2 Å². The molecule has 114 valence electrons. The first-order chi connectivity index (χ1) is 10.5. The van der Waals surface area contributed by atoms with Gasteiger partial charge in [-0.15, -0.1) is 11.8 Å². The Hall–Kier alpha value is -1.50. The summed E-state index contributed by atoms with van der Waals surface area (Å²) in [6, 6.07) is 11.9. The van der Waals surface area contributed by atoms with Gasteiger partial charge in [0, 0.05) is 9.37 Å². The third-order valence-electron chi connectivity index (χ3n) is 2.68. The summed E-state index contributed by atoms with van der Waals surface area (Å²) in [5, 5.41) is 12.3. The number of carboxylic acid groups (broad SMARTS) is 1. The molecule has 0 saturated carbocycles. The summed E-state index contributed by atoms with van der Waals surface area (Å²) >= 11 is 10.5. The Morgan fingerprint density at radius 2 is 1.95 bits per heavy atom. The highest BCUT2D eigenvalue weighted by atomic mass is 79.9. The van der Waals surface area contributed by atoms with Crippen molar-refractivity contribution < 1.29 is 14.7 Å². The predicted octanol–water partition coefficient (Wildman–Crippen LogP) is 4.53. The maximum Gasteiger partial charge on any atom is 0.337 e. The minimum atomic E-state index is -1.10. The first-order valence-electron chi connectivity index (χ1n) is 6.17. The fourth-order valence-corrected chi connectivity index (χ4v) is 3.09. The molecule has 2 rings (SSSR count). The van der Waals surface area contributed by atoms with Crippen LogP contribution in [0.25, 0.3) is 0 Å². The van der Waals surface area contributed by atoms with E-state index < -0.39 is 5.97 Å². The van der Waals surface area contributed by atoms with Gasteiger partial charge in [-0.05, 0) is 30.3 Å². The van der Waals surface area contributed by atoms with E-state index in [0.29, 0.717) is 9.50 Å². The third kappa shape index (κ3) is 4.50. The number of rotatable bonds is 5. The summed E-state index contributed by atoms with van der Waals surface area (Å²) in [7, 11) is 0. The molecule has 22 heavy (non-hydrogen) atoms. The summed E-state index contributed by atoms with van der Waals surface area (Å²) in [5.41, 5.74) is 0.297. The van der Waals surface area contributed by atoms with Crippen molar-refractivity contribution in [3.63, 3.8) is 0 Å². The second-order valence-corrected chi connectivity index (χ2v) is 6.60. The van der Waals surface area contributed by atoms with Crippen LogP contribution in [-0.4, -0.2) is 22.7 Å². The van der Waals surface area contributed by atoms with Gasteiger partial charge >= 0.3 is 5.97 Å². The molecule has 0 spiro atoms. The van der Waals surface area contributed by atoms with E-state index >= 15 is 0 Å². The molecule has 0 aliphatic heterocycles. The van der Waals surface area contributed by atoms with Crippen molar-refractivity contribution in [2.24, 2.45) is 0 Å². The van der Waals surface area contributed by atoms with Crippen molar-refractivity contribution >= 4 is 56.9 Å². The van der Waals surface area contributed by atoms with E-state index in [9.17, 15) is 9.59 Å². The number of amides is 1. The number of thioether (sulfide) groups is 1. The van der Waals surface area contributed by atoms with Gasteiger partial charge in [-0.3, -0.25) is 4.79 Å². The number of aromatic carboxylic acids is 1. The van der Waals surface area contributed by atoms with Crippen LogP contribution < -0.4 is 5.32 Å². The molecule has 0 aliphatic carbocycles. The zero-order valence-corrected chi connectivity index (χ0v) is 14.3. The molecule has 0 radical (unpaired) electrons. The Morgan fingerprint density at radius 1 is 1.23 bits per heavy atom. The van der Waals surface area contributed by atoms with Gasteiger partial charge in [-0.25, -0.2) is 4.79 Å². The maximum absolute atomic E-state index is 12.0. The van der Waals surface area contributed by atoms with Crippen molar-refractivity contribution in [3.8, 4) is 0 Å². The molecule has 2 N–H and O–H groups in total. The molecular weight excluding hydrogens is 390 g/mol. The highest BCUT2D eigenvalue weighted by molar-refractivity contribution is 9.10. The van der Waals surface area contributed by atoms with E-state index in [1.165, 1.54) is 17.8 Å². The van der Waals surface area contributed by atoms with E-state index in [-0.39, 0.29) is 22.9 Å². The normalized spacial score (nSPS) is 10.3. The lowest BCUT2D eigenvalue weighted by molar-refractivity contribution is -0.113. The number of halogens is 2. The first kappa shape index (κ1) is 16.9. The lowest BCUT2D eigenvalue weighted by Gasteiger charge is -2.09. The van der Waals surface area contributed by atoms with Crippen LogP contribution in [0.15, 0.2) is 51.8 Å². The minimum absolute atomic E-state index is 0.0328. The van der Waals surface area contributed by atoms with E-state index in [1.807, 2.05) is 18.2 Å². The van der Waals surface area contributed by atoms with Crippen LogP contribution in [-0.2, 0) is 4.79 Å². The molecular formula is C15H11BrClNO3S. The molecule has 1 amide bonds. The van der Waals surface area contributed by atoms with E-state index in [0.717, 1.165) is 4.90 Å². The third-order valence-corrected chi connectivity index (χ3v) is 4.69. The average molecular weight is 401 g/mol. The van der Waals surface area contributed by atoms with E-state index in [1.54, 1.807) is 18.2 Å². The average Bonchev–Trinajstić information content (AvgIpc) is 2.48. The highest BCUT2D eigenvalue weighted by Gasteiger charge is 2.13. The molecule has 0 heterocycles. The fourth-order valence-electron chi connectivity index (χ4n) is 1.69. The Bertz CT molecular complexity index is 724. The summed E-state index contributed by atoms with van der Waals surface area (Å²) in [6.07, 6.45) is 0. The van der Waals surface area contributed by atoms with Gasteiger partial charge in [0.05, 0.1) is 22.0 Å². The number of carbonyl (C=O) groups is 2. The number of carboxylic acids is 1. The number of benzene rings is 2. The van der Waals surface area contributed by atoms with Crippen molar-refractivity contribution in [1.82, 2.24) is 0 Å². The van der Waals surface area contributed by atoms with Crippen LogP contribution in [0.5, 0.6) is 0 Å². The zero-order chi connectivity index (χ0) is 16.1. The van der Waals surface area contributed by atoms with E-state index in [4.69, 9.17) is 16.7 Å². The Balaban J connectivity index is 2.04. The molecule has 7 heteroatoms. The zero-order valence-electron chi connectivity index (χ0n) is 11.2. The number of hydrogen-bond donors (Lipinski definition) is 2. The predicted molar refractivity (Wildman–Crippen MR) is 91.9 cm³/mol. The van der Waals surface area contributed by atoms with Crippen LogP contribution >= 0.6 is 39.3 Å². The smallest absolute Gasteiger partial charge is 0.337 e. The largest absolute Gasteiger partial charge is 0.478 e. The van der Waals surface area contributed by atoms with Gasteiger partial charge in [0.1, 0.15) is 0 Å². The molecule has 2 aromatic carbocycles. The molecule has 0 unspecified atom stereocenters. The van der Waals surface area contributed by atoms with Crippen LogP contribution in [0.1, 0.15) is 10.4 Å². The van der Waals surface area contributed by atoms with Crippen LogP contribution in [0, 0.1) is 0 Å². The van der Waals surface area contributed by atoms with Crippen LogP contribution in [0.2, 0.25) is 5.02 Å². The SMILES string of the molecule is O=C(CSc1ccccc1Cl)Nc1ccc(Br)cc1C(=O)O. The number of carbonyl (C=O) groups excluding carboxylic acids is 1. The topological polar surface area (TPSA) is 66.4 Å². The monoisotopic (exact) mass is 399 g/mol. The Morgan fingerprint density at radius 3 is 2.64 bits per heavy atom. The lowest BCUT2D eigenvalue weighted by Crippen LogP contribution is -2.16. The van der Waals surface area contributed by atoms with Gasteiger partial charge in [0.15, 0.2) is 0 Å². The van der Waals surface area contributed by atoms with Gasteiger partial charge < -0.3 is 10.4 Å². The summed E-state index contributed by atoms with van der Waals surface area (Å²) in [5.74, 6) is -1.26. The first-order valence-corrected chi connectivity index (χ1v) is 8.33. The molecule has 2 aromatic rings.